The van der Waals surface area contributed by atoms with Crippen LogP contribution in [-0.2, 0) is 0 Å². The summed E-state index contributed by atoms with van der Waals surface area (Å²) >= 11 is 0. The van der Waals surface area contributed by atoms with Crippen molar-refractivity contribution < 1.29 is 0 Å². The van der Waals surface area contributed by atoms with Gasteiger partial charge in [0.2, 0.25) is 0 Å². The molecule has 1 fully saturated rings. The highest BCUT2D eigenvalue weighted by Crippen LogP contribution is 2.33. The SMILES string of the molecule is c1ccc(C(c2c[nH]c3ccccc23)N2CCNCC2)cc1. The molecule has 0 radical (unpaired) electrons. The number of para-hydroxylation sites is 1. The monoisotopic (exact) mass is 291 g/mol. The Kier molecular flexibility index (Phi) is 3.67. The summed E-state index contributed by atoms with van der Waals surface area (Å²) in [6.45, 7) is 4.29. The molecule has 1 aliphatic heterocycles. The second kappa shape index (κ2) is 5.95. The van der Waals surface area contributed by atoms with Gasteiger partial charge in [-0.15, -0.1) is 0 Å². The number of piperazine rings is 1. The van der Waals surface area contributed by atoms with Crippen LogP contribution in [0.2, 0.25) is 0 Å². The van der Waals surface area contributed by atoms with Gasteiger partial charge in [0.15, 0.2) is 0 Å². The van der Waals surface area contributed by atoms with Gasteiger partial charge in [-0.2, -0.15) is 0 Å². The molecule has 1 saturated heterocycles. The highest BCUT2D eigenvalue weighted by Gasteiger charge is 2.25. The quantitative estimate of drug-likeness (QED) is 0.776. The van der Waals surface area contributed by atoms with Crippen LogP contribution in [0.5, 0.6) is 0 Å². The lowest BCUT2D eigenvalue weighted by atomic mass is 9.96. The highest BCUT2D eigenvalue weighted by atomic mass is 15.2. The number of nitrogens with one attached hydrogen (secondary N) is 2. The normalized spacial score (nSPS) is 17.6. The van der Waals surface area contributed by atoms with Crippen LogP contribution in [0.15, 0.2) is 60.8 Å². The second-order valence-corrected chi connectivity index (χ2v) is 5.89. The van der Waals surface area contributed by atoms with Crippen molar-refractivity contribution in [3.8, 4) is 0 Å². The Balaban J connectivity index is 1.83. The van der Waals surface area contributed by atoms with Crippen LogP contribution < -0.4 is 5.32 Å². The van der Waals surface area contributed by atoms with Gasteiger partial charge in [0.1, 0.15) is 0 Å². The molecule has 22 heavy (non-hydrogen) atoms. The van der Waals surface area contributed by atoms with E-state index in [-0.39, 0.29) is 0 Å². The molecular formula is C19H21N3. The Morgan fingerprint density at radius 3 is 2.41 bits per heavy atom. The van der Waals surface area contributed by atoms with E-state index in [0.717, 1.165) is 26.2 Å². The summed E-state index contributed by atoms with van der Waals surface area (Å²) < 4.78 is 0. The fourth-order valence-corrected chi connectivity index (χ4v) is 3.48. The molecule has 2 N–H and O–H groups in total. The molecule has 0 bridgehead atoms. The van der Waals surface area contributed by atoms with Crippen LogP contribution in [0.4, 0.5) is 0 Å². The molecule has 2 heterocycles. The lowest BCUT2D eigenvalue weighted by Crippen LogP contribution is -2.45. The zero-order valence-electron chi connectivity index (χ0n) is 12.6. The predicted molar refractivity (Wildman–Crippen MR) is 91.0 cm³/mol. The number of rotatable bonds is 3. The fraction of sp³-hybridized carbons (Fsp3) is 0.263. The lowest BCUT2D eigenvalue weighted by Gasteiger charge is -2.35. The van der Waals surface area contributed by atoms with Crippen molar-refractivity contribution in [2.75, 3.05) is 26.2 Å². The number of aromatic amines is 1. The molecule has 1 unspecified atom stereocenters. The van der Waals surface area contributed by atoms with Crippen molar-refractivity contribution in [3.63, 3.8) is 0 Å². The molecule has 0 saturated carbocycles. The molecule has 3 heteroatoms. The Hall–Kier alpha value is -2.10. The Morgan fingerprint density at radius 1 is 0.864 bits per heavy atom. The fourth-order valence-electron chi connectivity index (χ4n) is 3.48. The van der Waals surface area contributed by atoms with E-state index >= 15 is 0 Å². The number of hydrogen-bond acceptors (Lipinski definition) is 2. The molecule has 2 aromatic carbocycles. The molecule has 0 amide bonds. The van der Waals surface area contributed by atoms with E-state index in [2.05, 4.69) is 76.0 Å². The van der Waals surface area contributed by atoms with Gasteiger partial charge in [-0.25, -0.2) is 0 Å². The van der Waals surface area contributed by atoms with Gasteiger partial charge in [0.05, 0.1) is 6.04 Å². The third-order valence-electron chi connectivity index (χ3n) is 4.55. The van der Waals surface area contributed by atoms with Gasteiger partial charge in [0.25, 0.3) is 0 Å². The van der Waals surface area contributed by atoms with Crippen LogP contribution in [-0.4, -0.2) is 36.1 Å². The highest BCUT2D eigenvalue weighted by molar-refractivity contribution is 5.84. The van der Waals surface area contributed by atoms with Crippen molar-refractivity contribution in [3.05, 3.63) is 71.9 Å². The largest absolute Gasteiger partial charge is 0.361 e. The third kappa shape index (κ3) is 2.43. The van der Waals surface area contributed by atoms with E-state index in [9.17, 15) is 0 Å². The minimum absolute atomic E-state index is 0.319. The molecule has 3 aromatic rings. The summed E-state index contributed by atoms with van der Waals surface area (Å²) in [6.07, 6.45) is 2.18. The maximum atomic E-state index is 3.45. The summed E-state index contributed by atoms with van der Waals surface area (Å²) in [5.41, 5.74) is 3.96. The first-order valence-electron chi connectivity index (χ1n) is 7.99. The molecule has 1 atom stereocenters. The second-order valence-electron chi connectivity index (χ2n) is 5.89. The zero-order chi connectivity index (χ0) is 14.8. The maximum Gasteiger partial charge on any atom is 0.0623 e. The number of nitrogens with zero attached hydrogens (tertiary/aromatic N) is 1. The van der Waals surface area contributed by atoms with Crippen molar-refractivity contribution in [1.29, 1.82) is 0 Å². The summed E-state index contributed by atoms with van der Waals surface area (Å²) in [6, 6.07) is 19.8. The van der Waals surface area contributed by atoms with Crippen LogP contribution >= 0.6 is 0 Å². The lowest BCUT2D eigenvalue weighted by molar-refractivity contribution is 0.199. The smallest absolute Gasteiger partial charge is 0.0623 e. The van der Waals surface area contributed by atoms with Gasteiger partial charge >= 0.3 is 0 Å². The van der Waals surface area contributed by atoms with E-state index in [4.69, 9.17) is 0 Å². The van der Waals surface area contributed by atoms with Gasteiger partial charge in [-0.05, 0) is 17.2 Å². The standard InChI is InChI=1S/C19H21N3/c1-2-6-15(7-3-1)19(22-12-10-20-11-13-22)17-14-21-18-9-5-4-8-16(17)18/h1-9,14,19-21H,10-13H2. The molecule has 3 nitrogen and oxygen atoms in total. The van der Waals surface area contributed by atoms with E-state index in [1.54, 1.807) is 0 Å². The summed E-state index contributed by atoms with van der Waals surface area (Å²) in [5, 5.41) is 4.78. The molecule has 0 spiro atoms. The topological polar surface area (TPSA) is 31.1 Å². The number of benzene rings is 2. The van der Waals surface area contributed by atoms with Gasteiger partial charge in [-0.1, -0.05) is 48.5 Å². The molecule has 112 valence electrons. The van der Waals surface area contributed by atoms with Crippen molar-refractivity contribution in [1.82, 2.24) is 15.2 Å². The average Bonchev–Trinajstić information content (AvgIpc) is 3.01. The van der Waals surface area contributed by atoms with Crippen LogP contribution in [0.1, 0.15) is 17.2 Å². The van der Waals surface area contributed by atoms with Crippen molar-refractivity contribution >= 4 is 10.9 Å². The van der Waals surface area contributed by atoms with Crippen LogP contribution in [0.3, 0.4) is 0 Å². The third-order valence-corrected chi connectivity index (χ3v) is 4.55. The van der Waals surface area contributed by atoms with E-state index in [1.165, 1.54) is 22.0 Å². The van der Waals surface area contributed by atoms with Gasteiger partial charge < -0.3 is 10.3 Å². The zero-order valence-corrected chi connectivity index (χ0v) is 12.6. The van der Waals surface area contributed by atoms with Crippen LogP contribution in [0.25, 0.3) is 10.9 Å². The van der Waals surface area contributed by atoms with E-state index in [0.29, 0.717) is 6.04 Å². The van der Waals surface area contributed by atoms with Gasteiger partial charge in [-0.3, -0.25) is 4.90 Å². The minimum Gasteiger partial charge on any atom is -0.361 e. The maximum absolute atomic E-state index is 3.45. The van der Waals surface area contributed by atoms with E-state index in [1.807, 2.05) is 0 Å². The number of fused-ring (bicyclic) bond motifs is 1. The van der Waals surface area contributed by atoms with Crippen molar-refractivity contribution in [2.24, 2.45) is 0 Å². The number of aromatic nitrogens is 1. The molecular weight excluding hydrogens is 270 g/mol. The molecule has 4 rings (SSSR count). The Labute approximate surface area is 131 Å². The van der Waals surface area contributed by atoms with Gasteiger partial charge in [0, 0.05) is 43.3 Å². The molecule has 1 aliphatic rings. The first kappa shape index (κ1) is 13.6. The molecule has 0 aliphatic carbocycles. The first-order chi connectivity index (χ1) is 10.9. The summed E-state index contributed by atoms with van der Waals surface area (Å²) in [4.78, 5) is 6.02. The number of H-pyrrole nitrogens is 1. The summed E-state index contributed by atoms with van der Waals surface area (Å²) in [5.74, 6) is 0. The van der Waals surface area contributed by atoms with Crippen molar-refractivity contribution in [2.45, 2.75) is 6.04 Å². The first-order valence-corrected chi connectivity index (χ1v) is 7.99. The Bertz CT molecular complexity index is 741. The summed E-state index contributed by atoms with van der Waals surface area (Å²) in [7, 11) is 0. The number of hydrogen-bond donors (Lipinski definition) is 2. The van der Waals surface area contributed by atoms with E-state index < -0.39 is 0 Å². The Morgan fingerprint density at radius 2 is 1.59 bits per heavy atom. The minimum atomic E-state index is 0.319. The average molecular weight is 291 g/mol. The predicted octanol–water partition coefficient (Wildman–Crippen LogP) is 3.16. The molecule has 1 aromatic heterocycles. The van der Waals surface area contributed by atoms with Crippen LogP contribution in [0, 0.1) is 0 Å².